The molecule has 1 fully saturated rings. The van der Waals surface area contributed by atoms with Crippen molar-refractivity contribution in [1.29, 1.82) is 0 Å². The highest BCUT2D eigenvalue weighted by Crippen LogP contribution is 2.23. The van der Waals surface area contributed by atoms with Crippen molar-refractivity contribution < 1.29 is 44.9 Å². The van der Waals surface area contributed by atoms with Crippen LogP contribution in [-0.4, -0.2) is 98.7 Å². The van der Waals surface area contributed by atoms with Gasteiger partial charge in [-0.1, -0.05) is 200 Å². The Labute approximate surface area is 330 Å². The van der Waals surface area contributed by atoms with Gasteiger partial charge in [0, 0.05) is 0 Å². The van der Waals surface area contributed by atoms with Crippen molar-refractivity contribution in [3.05, 3.63) is 0 Å². The van der Waals surface area contributed by atoms with Crippen LogP contribution in [0.25, 0.3) is 0 Å². The molecule has 1 aliphatic heterocycles. The highest BCUT2D eigenvalue weighted by molar-refractivity contribution is 5.80. The first-order chi connectivity index (χ1) is 26.3. The predicted molar refractivity (Wildman–Crippen MR) is 218 cm³/mol. The summed E-state index contributed by atoms with van der Waals surface area (Å²) in [5.74, 6) is -0.581. The molecule has 10 nitrogen and oxygen atoms in total. The van der Waals surface area contributed by atoms with E-state index in [1.165, 1.54) is 141 Å². The van der Waals surface area contributed by atoms with E-state index in [1.807, 2.05) is 0 Å². The minimum absolute atomic E-state index is 0.250. The van der Waals surface area contributed by atoms with Gasteiger partial charge in [-0.15, -0.1) is 0 Å². The Morgan fingerprint density at radius 3 is 1.31 bits per heavy atom. The number of nitrogens with one attached hydrogen (secondary N) is 1. The van der Waals surface area contributed by atoms with Crippen LogP contribution >= 0.6 is 0 Å². The van der Waals surface area contributed by atoms with Crippen LogP contribution in [0.5, 0.6) is 0 Å². The standard InChI is InChI=1S/C44H87NO9/c1-3-5-7-9-11-13-15-17-18-19-21-23-25-27-29-31-33-38(48)43(52)45-36(35-53-44-42(51)41(50)40(49)39(34-46)54-44)37(47)32-30-28-26-24-22-20-16-14-12-10-8-6-4-2/h36-42,44,46-51H,3-35H2,1-2H3,(H,45,52). The van der Waals surface area contributed by atoms with Gasteiger partial charge in [0.1, 0.15) is 30.5 Å². The van der Waals surface area contributed by atoms with Crippen LogP contribution in [0.4, 0.5) is 0 Å². The van der Waals surface area contributed by atoms with Crippen molar-refractivity contribution in [2.24, 2.45) is 0 Å². The molecule has 54 heavy (non-hydrogen) atoms. The van der Waals surface area contributed by atoms with Crippen LogP contribution in [0, 0.1) is 0 Å². The Hall–Kier alpha value is -0.850. The average molecular weight is 774 g/mol. The largest absolute Gasteiger partial charge is 0.394 e. The summed E-state index contributed by atoms with van der Waals surface area (Å²) in [6, 6.07) is -0.886. The van der Waals surface area contributed by atoms with Gasteiger partial charge in [0.2, 0.25) is 5.91 Å². The summed E-state index contributed by atoms with van der Waals surface area (Å²) in [5, 5.41) is 64.8. The van der Waals surface area contributed by atoms with Crippen molar-refractivity contribution in [2.75, 3.05) is 13.2 Å². The van der Waals surface area contributed by atoms with Crippen molar-refractivity contribution >= 4 is 5.91 Å². The summed E-state index contributed by atoms with van der Waals surface area (Å²) >= 11 is 0. The normalized spacial score (nSPS) is 22.0. The van der Waals surface area contributed by atoms with Crippen molar-refractivity contribution in [3.8, 4) is 0 Å². The smallest absolute Gasteiger partial charge is 0.249 e. The third kappa shape index (κ3) is 25.4. The zero-order chi connectivity index (χ0) is 39.7. The molecule has 1 amide bonds. The van der Waals surface area contributed by atoms with Crippen LogP contribution in [-0.2, 0) is 14.3 Å². The molecular formula is C44H87NO9. The van der Waals surface area contributed by atoms with Crippen molar-refractivity contribution in [2.45, 2.75) is 262 Å². The first-order valence-corrected chi connectivity index (χ1v) is 22.8. The number of hydrogen-bond acceptors (Lipinski definition) is 9. The van der Waals surface area contributed by atoms with Gasteiger partial charge in [-0.05, 0) is 12.8 Å². The molecule has 0 aromatic rings. The minimum Gasteiger partial charge on any atom is -0.394 e. The van der Waals surface area contributed by atoms with Crippen LogP contribution in [0.1, 0.15) is 213 Å². The summed E-state index contributed by atoms with van der Waals surface area (Å²) in [6.07, 6.45) is 27.2. The fourth-order valence-corrected chi connectivity index (χ4v) is 7.52. The van der Waals surface area contributed by atoms with E-state index in [-0.39, 0.29) is 6.61 Å². The number of hydrogen-bond donors (Lipinski definition) is 7. The number of rotatable bonds is 38. The van der Waals surface area contributed by atoms with Gasteiger partial charge in [0.05, 0.1) is 25.4 Å². The van der Waals surface area contributed by atoms with Crippen LogP contribution in [0.2, 0.25) is 0 Å². The van der Waals surface area contributed by atoms with Gasteiger partial charge in [-0.25, -0.2) is 0 Å². The molecule has 7 N–H and O–H groups in total. The van der Waals surface area contributed by atoms with Crippen LogP contribution in [0.3, 0.4) is 0 Å². The lowest BCUT2D eigenvalue weighted by molar-refractivity contribution is -0.302. The molecule has 0 aromatic carbocycles. The summed E-state index contributed by atoms with van der Waals surface area (Å²) in [6.45, 7) is 3.67. The topological polar surface area (TPSA) is 169 Å². The quantitative estimate of drug-likeness (QED) is 0.0306. The Morgan fingerprint density at radius 2 is 0.926 bits per heavy atom. The molecule has 8 atom stereocenters. The second kappa shape index (κ2) is 35.3. The van der Waals surface area contributed by atoms with Gasteiger partial charge < -0.3 is 45.4 Å². The first kappa shape index (κ1) is 51.2. The van der Waals surface area contributed by atoms with Gasteiger partial charge in [-0.3, -0.25) is 4.79 Å². The first-order valence-electron chi connectivity index (χ1n) is 22.8. The lowest BCUT2D eigenvalue weighted by Gasteiger charge is -2.40. The van der Waals surface area contributed by atoms with E-state index in [0.717, 1.165) is 44.9 Å². The van der Waals surface area contributed by atoms with Gasteiger partial charge in [0.25, 0.3) is 0 Å². The SMILES string of the molecule is CCCCCCCCCCCCCCCCCCC(O)C(=O)NC(COC1OC(CO)C(O)C(O)C1O)C(O)CCCCCCCCCCCCCCC. The lowest BCUT2D eigenvalue weighted by atomic mass is 9.99. The molecule has 0 saturated carbocycles. The van der Waals surface area contributed by atoms with E-state index in [0.29, 0.717) is 12.8 Å². The highest BCUT2D eigenvalue weighted by Gasteiger charge is 2.44. The molecule has 0 aromatic heterocycles. The Kier molecular flexibility index (Phi) is 33.5. The maximum absolute atomic E-state index is 13.0. The summed E-state index contributed by atoms with van der Waals surface area (Å²) < 4.78 is 11.2. The number of unbranched alkanes of at least 4 members (excludes halogenated alkanes) is 27. The third-order valence-electron chi connectivity index (χ3n) is 11.3. The summed E-state index contributed by atoms with van der Waals surface area (Å²) in [7, 11) is 0. The molecule has 0 radical (unpaired) electrons. The van der Waals surface area contributed by atoms with E-state index in [4.69, 9.17) is 9.47 Å². The van der Waals surface area contributed by atoms with Gasteiger partial charge >= 0.3 is 0 Å². The average Bonchev–Trinajstić information content (AvgIpc) is 3.17. The maximum Gasteiger partial charge on any atom is 0.249 e. The second-order valence-electron chi connectivity index (χ2n) is 16.4. The minimum atomic E-state index is -1.59. The summed E-state index contributed by atoms with van der Waals surface area (Å²) in [4.78, 5) is 13.0. The van der Waals surface area contributed by atoms with E-state index < -0.39 is 61.5 Å². The lowest BCUT2D eigenvalue weighted by Crippen LogP contribution is -2.60. The fraction of sp³-hybridized carbons (Fsp3) is 0.977. The molecule has 1 saturated heterocycles. The van der Waals surface area contributed by atoms with Gasteiger partial charge in [-0.2, -0.15) is 0 Å². The molecule has 0 bridgehead atoms. The van der Waals surface area contributed by atoms with E-state index in [9.17, 15) is 35.4 Å². The second-order valence-corrected chi connectivity index (χ2v) is 16.4. The Bertz CT molecular complexity index is 834. The van der Waals surface area contributed by atoms with Crippen molar-refractivity contribution in [1.82, 2.24) is 5.32 Å². The predicted octanol–water partition coefficient (Wildman–Crippen LogP) is 8.14. The van der Waals surface area contributed by atoms with Gasteiger partial charge in [0.15, 0.2) is 6.29 Å². The zero-order valence-corrected chi connectivity index (χ0v) is 34.9. The maximum atomic E-state index is 13.0. The number of ether oxygens (including phenoxy) is 2. The van der Waals surface area contributed by atoms with E-state index in [2.05, 4.69) is 19.2 Å². The Balaban J connectivity index is 2.38. The molecule has 0 aliphatic carbocycles. The number of aliphatic hydroxyl groups excluding tert-OH is 6. The van der Waals surface area contributed by atoms with E-state index >= 15 is 0 Å². The number of carbonyl (C=O) groups is 1. The van der Waals surface area contributed by atoms with E-state index in [1.54, 1.807) is 0 Å². The number of aliphatic hydroxyl groups is 6. The fourth-order valence-electron chi connectivity index (χ4n) is 7.52. The Morgan fingerprint density at radius 1 is 0.556 bits per heavy atom. The van der Waals surface area contributed by atoms with Crippen LogP contribution in [0.15, 0.2) is 0 Å². The molecule has 8 unspecified atom stereocenters. The number of amides is 1. The molecule has 1 heterocycles. The highest BCUT2D eigenvalue weighted by atomic mass is 16.7. The summed E-state index contributed by atoms with van der Waals surface area (Å²) in [5.41, 5.74) is 0. The third-order valence-corrected chi connectivity index (χ3v) is 11.3. The number of carbonyl (C=O) groups excluding carboxylic acids is 1. The molecule has 0 spiro atoms. The zero-order valence-electron chi connectivity index (χ0n) is 34.9. The molecule has 1 rings (SSSR count). The van der Waals surface area contributed by atoms with Crippen molar-refractivity contribution in [3.63, 3.8) is 0 Å². The monoisotopic (exact) mass is 774 g/mol. The molecular weight excluding hydrogens is 686 g/mol. The molecule has 322 valence electrons. The van der Waals surface area contributed by atoms with Crippen LogP contribution < -0.4 is 5.32 Å². The molecule has 10 heteroatoms. The molecule has 1 aliphatic rings.